The van der Waals surface area contributed by atoms with Crippen molar-refractivity contribution in [2.45, 2.75) is 51.5 Å². The molecule has 2 aliphatic rings. The second-order valence-electron chi connectivity index (χ2n) is 5.48. The SMILES string of the molecule is CC1CCCCC1N1CCC(C(=O)O)CC1. The number of carboxylic acid groups (broad SMARTS) is 1. The van der Waals surface area contributed by atoms with Gasteiger partial charge in [-0.05, 0) is 44.7 Å². The third-order valence-electron chi connectivity index (χ3n) is 4.41. The largest absolute Gasteiger partial charge is 0.481 e. The van der Waals surface area contributed by atoms with Crippen molar-refractivity contribution in [2.75, 3.05) is 13.1 Å². The number of hydrogen-bond acceptors (Lipinski definition) is 2. The van der Waals surface area contributed by atoms with Gasteiger partial charge >= 0.3 is 5.97 Å². The summed E-state index contributed by atoms with van der Waals surface area (Å²) in [5.41, 5.74) is 0. The van der Waals surface area contributed by atoms with Gasteiger partial charge in [-0.25, -0.2) is 0 Å². The Morgan fingerprint density at radius 3 is 2.31 bits per heavy atom. The molecule has 1 saturated heterocycles. The van der Waals surface area contributed by atoms with Crippen LogP contribution in [0.5, 0.6) is 0 Å². The van der Waals surface area contributed by atoms with E-state index < -0.39 is 5.97 Å². The summed E-state index contributed by atoms with van der Waals surface area (Å²) in [5, 5.41) is 8.97. The highest BCUT2D eigenvalue weighted by Gasteiger charge is 2.31. The van der Waals surface area contributed by atoms with Crippen LogP contribution in [0.4, 0.5) is 0 Å². The first kappa shape index (κ1) is 11.9. The van der Waals surface area contributed by atoms with Gasteiger partial charge in [0.25, 0.3) is 0 Å². The number of piperidine rings is 1. The van der Waals surface area contributed by atoms with Crippen molar-refractivity contribution in [3.8, 4) is 0 Å². The molecule has 0 spiro atoms. The molecule has 1 aliphatic heterocycles. The van der Waals surface area contributed by atoms with Gasteiger partial charge in [-0.1, -0.05) is 19.8 Å². The van der Waals surface area contributed by atoms with Gasteiger partial charge < -0.3 is 10.0 Å². The second kappa shape index (κ2) is 5.17. The van der Waals surface area contributed by atoms with Crippen molar-refractivity contribution in [2.24, 2.45) is 11.8 Å². The van der Waals surface area contributed by atoms with Gasteiger partial charge in [0.2, 0.25) is 0 Å². The van der Waals surface area contributed by atoms with Crippen molar-refractivity contribution in [1.82, 2.24) is 4.90 Å². The number of carboxylic acids is 1. The van der Waals surface area contributed by atoms with Crippen LogP contribution in [-0.4, -0.2) is 35.1 Å². The van der Waals surface area contributed by atoms with Crippen LogP contribution >= 0.6 is 0 Å². The molecule has 2 fully saturated rings. The van der Waals surface area contributed by atoms with Gasteiger partial charge in [-0.3, -0.25) is 4.79 Å². The highest BCUT2D eigenvalue weighted by Crippen LogP contribution is 2.30. The fourth-order valence-electron chi connectivity index (χ4n) is 3.32. The molecule has 92 valence electrons. The molecule has 2 unspecified atom stereocenters. The second-order valence-corrected chi connectivity index (χ2v) is 5.48. The van der Waals surface area contributed by atoms with E-state index >= 15 is 0 Å². The van der Waals surface area contributed by atoms with E-state index in [9.17, 15) is 4.79 Å². The standard InChI is InChI=1S/C13H23NO2/c1-10-4-2-3-5-12(10)14-8-6-11(7-9-14)13(15)16/h10-12H,2-9H2,1H3,(H,15,16). The summed E-state index contributed by atoms with van der Waals surface area (Å²) in [4.78, 5) is 13.4. The minimum Gasteiger partial charge on any atom is -0.481 e. The average Bonchev–Trinajstić information content (AvgIpc) is 2.30. The first-order valence-corrected chi connectivity index (χ1v) is 6.65. The lowest BCUT2D eigenvalue weighted by Crippen LogP contribution is -2.46. The molecule has 0 aromatic rings. The molecule has 16 heavy (non-hydrogen) atoms. The third-order valence-corrected chi connectivity index (χ3v) is 4.41. The summed E-state index contributed by atoms with van der Waals surface area (Å²) in [5.74, 6) is 0.113. The molecule has 0 radical (unpaired) electrons. The highest BCUT2D eigenvalue weighted by atomic mass is 16.4. The van der Waals surface area contributed by atoms with E-state index in [4.69, 9.17) is 5.11 Å². The molecule has 3 nitrogen and oxygen atoms in total. The van der Waals surface area contributed by atoms with Crippen molar-refractivity contribution < 1.29 is 9.90 Å². The monoisotopic (exact) mass is 225 g/mol. The molecular weight excluding hydrogens is 202 g/mol. The van der Waals surface area contributed by atoms with E-state index in [1.54, 1.807) is 0 Å². The molecule has 1 aliphatic carbocycles. The van der Waals surface area contributed by atoms with Crippen LogP contribution in [0.1, 0.15) is 45.4 Å². The van der Waals surface area contributed by atoms with Gasteiger partial charge in [0.05, 0.1) is 5.92 Å². The molecule has 1 saturated carbocycles. The molecule has 0 amide bonds. The Kier molecular flexibility index (Phi) is 3.85. The van der Waals surface area contributed by atoms with E-state index in [1.807, 2.05) is 0 Å². The first-order chi connectivity index (χ1) is 7.68. The molecule has 3 heteroatoms. The predicted octanol–water partition coefficient (Wildman–Crippen LogP) is 2.36. The normalized spacial score (nSPS) is 33.8. The lowest BCUT2D eigenvalue weighted by Gasteiger charge is -2.41. The maximum atomic E-state index is 10.9. The molecule has 2 atom stereocenters. The number of likely N-dealkylation sites (tertiary alicyclic amines) is 1. The Balaban J connectivity index is 1.85. The Morgan fingerprint density at radius 1 is 1.12 bits per heavy atom. The Bertz CT molecular complexity index is 246. The molecule has 0 bridgehead atoms. The predicted molar refractivity (Wildman–Crippen MR) is 63.4 cm³/mol. The van der Waals surface area contributed by atoms with Gasteiger partial charge in [-0.15, -0.1) is 0 Å². The third kappa shape index (κ3) is 2.57. The number of aliphatic carboxylic acids is 1. The number of rotatable bonds is 2. The summed E-state index contributed by atoms with van der Waals surface area (Å²) >= 11 is 0. The fraction of sp³-hybridized carbons (Fsp3) is 0.923. The maximum absolute atomic E-state index is 10.9. The van der Waals surface area contributed by atoms with Crippen LogP contribution in [0.2, 0.25) is 0 Å². The van der Waals surface area contributed by atoms with Crippen LogP contribution < -0.4 is 0 Å². The Labute approximate surface area is 97.8 Å². The van der Waals surface area contributed by atoms with Crippen molar-refractivity contribution in [3.05, 3.63) is 0 Å². The van der Waals surface area contributed by atoms with Gasteiger partial charge in [0, 0.05) is 6.04 Å². The van der Waals surface area contributed by atoms with Crippen LogP contribution in [0.15, 0.2) is 0 Å². The van der Waals surface area contributed by atoms with Crippen LogP contribution in [0.3, 0.4) is 0 Å². The highest BCUT2D eigenvalue weighted by molar-refractivity contribution is 5.70. The summed E-state index contributed by atoms with van der Waals surface area (Å²) in [7, 11) is 0. The van der Waals surface area contributed by atoms with Crippen LogP contribution in [-0.2, 0) is 4.79 Å². The first-order valence-electron chi connectivity index (χ1n) is 6.65. The summed E-state index contributed by atoms with van der Waals surface area (Å²) < 4.78 is 0. The molecule has 2 rings (SSSR count). The van der Waals surface area contributed by atoms with Gasteiger partial charge in [0.15, 0.2) is 0 Å². The lowest BCUT2D eigenvalue weighted by atomic mass is 9.83. The van der Waals surface area contributed by atoms with E-state index in [0.29, 0.717) is 0 Å². The van der Waals surface area contributed by atoms with Crippen molar-refractivity contribution in [1.29, 1.82) is 0 Å². The van der Waals surface area contributed by atoms with Gasteiger partial charge in [0.1, 0.15) is 0 Å². The molecular formula is C13H23NO2. The molecule has 0 aromatic heterocycles. The van der Waals surface area contributed by atoms with E-state index in [1.165, 1.54) is 25.7 Å². The fourth-order valence-corrected chi connectivity index (χ4v) is 3.32. The topological polar surface area (TPSA) is 40.5 Å². The van der Waals surface area contributed by atoms with Gasteiger partial charge in [-0.2, -0.15) is 0 Å². The molecule has 1 heterocycles. The Morgan fingerprint density at radius 2 is 1.75 bits per heavy atom. The summed E-state index contributed by atoms with van der Waals surface area (Å²) in [6, 6.07) is 0.725. The molecule has 0 aromatic carbocycles. The Hall–Kier alpha value is -0.570. The van der Waals surface area contributed by atoms with E-state index in [0.717, 1.165) is 37.9 Å². The van der Waals surface area contributed by atoms with E-state index in [2.05, 4.69) is 11.8 Å². The minimum atomic E-state index is -0.601. The zero-order chi connectivity index (χ0) is 11.5. The quantitative estimate of drug-likeness (QED) is 0.784. The zero-order valence-corrected chi connectivity index (χ0v) is 10.2. The number of hydrogen-bond donors (Lipinski definition) is 1. The van der Waals surface area contributed by atoms with E-state index in [-0.39, 0.29) is 5.92 Å². The lowest BCUT2D eigenvalue weighted by molar-refractivity contribution is -0.143. The summed E-state index contributed by atoms with van der Waals surface area (Å²) in [6.07, 6.45) is 7.09. The molecule has 1 N–H and O–H groups in total. The average molecular weight is 225 g/mol. The number of carbonyl (C=O) groups is 1. The van der Waals surface area contributed by atoms with Crippen molar-refractivity contribution in [3.63, 3.8) is 0 Å². The minimum absolute atomic E-state index is 0.0878. The maximum Gasteiger partial charge on any atom is 0.306 e. The number of nitrogens with zero attached hydrogens (tertiary/aromatic N) is 1. The zero-order valence-electron chi connectivity index (χ0n) is 10.2. The van der Waals surface area contributed by atoms with Crippen LogP contribution in [0, 0.1) is 11.8 Å². The van der Waals surface area contributed by atoms with Crippen molar-refractivity contribution >= 4 is 5.97 Å². The summed E-state index contributed by atoms with van der Waals surface area (Å²) in [6.45, 7) is 4.34. The smallest absolute Gasteiger partial charge is 0.306 e. The van der Waals surface area contributed by atoms with Crippen LogP contribution in [0.25, 0.3) is 0 Å².